The number of fused-ring (bicyclic) bond motifs is 1. The minimum absolute atomic E-state index is 0.00350. The standard InChI is InChI=1S/C21H27N3O3/c1-22-15-6-5-11-23(13-15)19(25)14-9-10-17-18(12-14)21(27)24(20(17)26)16-7-3-2-4-8-16/h9-10,12,15-16,22H,2-8,11,13H2,1H3. The molecule has 1 N–H and O–H groups in total. The minimum atomic E-state index is -0.233. The molecule has 1 aromatic rings. The highest BCUT2D eigenvalue weighted by Crippen LogP contribution is 2.31. The summed E-state index contributed by atoms with van der Waals surface area (Å²) in [5.41, 5.74) is 1.32. The number of hydrogen-bond acceptors (Lipinski definition) is 4. The van der Waals surface area contributed by atoms with E-state index in [9.17, 15) is 14.4 Å². The van der Waals surface area contributed by atoms with Crippen molar-refractivity contribution in [3.05, 3.63) is 34.9 Å². The van der Waals surface area contributed by atoms with Crippen LogP contribution in [0.15, 0.2) is 18.2 Å². The van der Waals surface area contributed by atoms with Gasteiger partial charge < -0.3 is 10.2 Å². The average Bonchev–Trinajstić information content (AvgIpc) is 2.98. The number of amides is 3. The van der Waals surface area contributed by atoms with Crippen LogP contribution in [0.1, 0.15) is 76.0 Å². The van der Waals surface area contributed by atoms with Crippen LogP contribution in [-0.2, 0) is 0 Å². The molecule has 2 aliphatic heterocycles. The Bertz CT molecular complexity index is 770. The molecule has 4 rings (SSSR count). The molecule has 0 bridgehead atoms. The summed E-state index contributed by atoms with van der Waals surface area (Å²) < 4.78 is 0. The minimum Gasteiger partial charge on any atom is -0.337 e. The predicted octanol–water partition coefficient (Wildman–Crippen LogP) is 2.44. The molecule has 3 amide bonds. The summed E-state index contributed by atoms with van der Waals surface area (Å²) in [6, 6.07) is 5.29. The van der Waals surface area contributed by atoms with E-state index in [0.717, 1.165) is 45.1 Å². The first-order valence-electron chi connectivity index (χ1n) is 10.1. The van der Waals surface area contributed by atoms with Gasteiger partial charge in [-0.25, -0.2) is 0 Å². The van der Waals surface area contributed by atoms with Gasteiger partial charge in [-0.2, -0.15) is 0 Å². The van der Waals surface area contributed by atoms with Crippen molar-refractivity contribution in [1.82, 2.24) is 15.1 Å². The molecule has 144 valence electrons. The van der Waals surface area contributed by atoms with Crippen molar-refractivity contribution in [2.45, 2.75) is 57.0 Å². The highest BCUT2D eigenvalue weighted by molar-refractivity contribution is 6.22. The Kier molecular flexibility index (Phi) is 5.00. The maximum absolute atomic E-state index is 12.9. The molecule has 27 heavy (non-hydrogen) atoms. The van der Waals surface area contributed by atoms with Crippen molar-refractivity contribution in [2.75, 3.05) is 20.1 Å². The van der Waals surface area contributed by atoms with Gasteiger partial charge in [-0.1, -0.05) is 19.3 Å². The molecule has 1 saturated heterocycles. The van der Waals surface area contributed by atoms with Gasteiger partial charge in [0.15, 0.2) is 0 Å². The van der Waals surface area contributed by atoms with Gasteiger partial charge in [-0.15, -0.1) is 0 Å². The van der Waals surface area contributed by atoms with Crippen LogP contribution in [0.5, 0.6) is 0 Å². The Morgan fingerprint density at radius 1 is 1.00 bits per heavy atom. The van der Waals surface area contributed by atoms with Crippen LogP contribution < -0.4 is 5.32 Å². The number of hydrogen-bond donors (Lipinski definition) is 1. The fraction of sp³-hybridized carbons (Fsp3) is 0.571. The van der Waals surface area contributed by atoms with Gasteiger partial charge in [0.1, 0.15) is 0 Å². The van der Waals surface area contributed by atoms with E-state index in [-0.39, 0.29) is 23.8 Å². The highest BCUT2D eigenvalue weighted by Gasteiger charge is 2.40. The van der Waals surface area contributed by atoms with Crippen molar-refractivity contribution >= 4 is 17.7 Å². The maximum atomic E-state index is 12.9. The third kappa shape index (κ3) is 3.27. The number of nitrogens with zero attached hydrogens (tertiary/aromatic N) is 2. The molecule has 0 radical (unpaired) electrons. The normalized spacial score (nSPS) is 23.7. The van der Waals surface area contributed by atoms with Crippen molar-refractivity contribution in [1.29, 1.82) is 0 Å². The van der Waals surface area contributed by atoms with Crippen LogP contribution in [0.2, 0.25) is 0 Å². The molecule has 2 heterocycles. The van der Waals surface area contributed by atoms with E-state index in [1.807, 2.05) is 11.9 Å². The number of carbonyl (C=O) groups is 3. The van der Waals surface area contributed by atoms with Gasteiger partial charge in [0.05, 0.1) is 11.1 Å². The molecular formula is C21H27N3O3. The summed E-state index contributed by atoms with van der Waals surface area (Å²) in [5, 5.41) is 3.24. The van der Waals surface area contributed by atoms with Crippen molar-refractivity contribution in [3.8, 4) is 0 Å². The lowest BCUT2D eigenvalue weighted by Gasteiger charge is -2.32. The number of likely N-dealkylation sites (tertiary alicyclic amines) is 1. The monoisotopic (exact) mass is 369 g/mol. The largest absolute Gasteiger partial charge is 0.337 e. The molecule has 0 spiro atoms. The van der Waals surface area contributed by atoms with Gasteiger partial charge in [0.25, 0.3) is 17.7 Å². The highest BCUT2D eigenvalue weighted by atomic mass is 16.2. The third-order valence-electron chi connectivity index (χ3n) is 6.22. The second-order valence-electron chi connectivity index (χ2n) is 7.91. The zero-order chi connectivity index (χ0) is 19.0. The molecule has 3 aliphatic rings. The molecule has 6 heteroatoms. The van der Waals surface area contributed by atoms with Gasteiger partial charge in [-0.05, 0) is 50.9 Å². The van der Waals surface area contributed by atoms with E-state index in [2.05, 4.69) is 5.32 Å². The van der Waals surface area contributed by atoms with E-state index in [1.54, 1.807) is 18.2 Å². The van der Waals surface area contributed by atoms with Crippen molar-refractivity contribution in [3.63, 3.8) is 0 Å². The SMILES string of the molecule is CNC1CCCN(C(=O)c2ccc3c(c2)C(=O)N(C2CCCCC2)C3=O)C1. The van der Waals surface area contributed by atoms with Crippen LogP contribution in [0.3, 0.4) is 0 Å². The maximum Gasteiger partial charge on any atom is 0.261 e. The van der Waals surface area contributed by atoms with E-state index in [1.165, 1.54) is 11.3 Å². The van der Waals surface area contributed by atoms with E-state index in [4.69, 9.17) is 0 Å². The Morgan fingerprint density at radius 2 is 1.74 bits per heavy atom. The number of rotatable bonds is 3. The number of benzene rings is 1. The second kappa shape index (κ2) is 7.43. The van der Waals surface area contributed by atoms with Crippen LogP contribution in [0.25, 0.3) is 0 Å². The number of imide groups is 1. The predicted molar refractivity (Wildman–Crippen MR) is 102 cm³/mol. The van der Waals surface area contributed by atoms with Gasteiger partial charge in [0, 0.05) is 30.7 Å². The molecule has 1 aromatic carbocycles. The Morgan fingerprint density at radius 3 is 2.48 bits per heavy atom. The smallest absolute Gasteiger partial charge is 0.261 e. The Balaban J connectivity index is 1.56. The topological polar surface area (TPSA) is 69.7 Å². The first-order valence-corrected chi connectivity index (χ1v) is 10.1. The first-order chi connectivity index (χ1) is 13.1. The van der Waals surface area contributed by atoms with E-state index < -0.39 is 0 Å². The molecule has 2 fully saturated rings. The lowest BCUT2D eigenvalue weighted by atomic mass is 9.94. The first kappa shape index (κ1) is 18.2. The molecule has 1 aliphatic carbocycles. The average molecular weight is 369 g/mol. The van der Waals surface area contributed by atoms with Crippen LogP contribution >= 0.6 is 0 Å². The van der Waals surface area contributed by atoms with Crippen LogP contribution in [0, 0.1) is 0 Å². The molecule has 1 unspecified atom stereocenters. The van der Waals surface area contributed by atoms with Gasteiger partial charge in [0.2, 0.25) is 0 Å². The zero-order valence-electron chi connectivity index (χ0n) is 15.9. The zero-order valence-corrected chi connectivity index (χ0v) is 15.9. The molecule has 1 saturated carbocycles. The Hall–Kier alpha value is -2.21. The summed E-state index contributed by atoms with van der Waals surface area (Å²) in [7, 11) is 1.91. The number of carbonyl (C=O) groups excluding carboxylic acids is 3. The van der Waals surface area contributed by atoms with Crippen molar-refractivity contribution in [2.24, 2.45) is 0 Å². The summed E-state index contributed by atoms with van der Waals surface area (Å²) in [5.74, 6) is -0.494. The number of nitrogens with one attached hydrogen (secondary N) is 1. The van der Waals surface area contributed by atoms with Gasteiger partial charge >= 0.3 is 0 Å². The van der Waals surface area contributed by atoms with Crippen LogP contribution in [0.4, 0.5) is 0 Å². The van der Waals surface area contributed by atoms with E-state index in [0.29, 0.717) is 29.3 Å². The Labute approximate surface area is 159 Å². The summed E-state index contributed by atoms with van der Waals surface area (Å²) in [6.45, 7) is 1.41. The fourth-order valence-electron chi connectivity index (χ4n) is 4.64. The number of likely N-dealkylation sites (N-methyl/N-ethyl adjacent to an activating group) is 1. The van der Waals surface area contributed by atoms with Gasteiger partial charge in [-0.3, -0.25) is 19.3 Å². The van der Waals surface area contributed by atoms with Crippen molar-refractivity contribution < 1.29 is 14.4 Å². The lowest BCUT2D eigenvalue weighted by molar-refractivity contribution is 0.0548. The molecule has 6 nitrogen and oxygen atoms in total. The summed E-state index contributed by atoms with van der Waals surface area (Å²) in [6.07, 6.45) is 7.09. The summed E-state index contributed by atoms with van der Waals surface area (Å²) in [4.78, 5) is 41.9. The lowest BCUT2D eigenvalue weighted by Crippen LogP contribution is -2.47. The third-order valence-corrected chi connectivity index (χ3v) is 6.22. The van der Waals surface area contributed by atoms with E-state index >= 15 is 0 Å². The van der Waals surface area contributed by atoms with Crippen LogP contribution in [-0.4, -0.2) is 59.7 Å². The molecular weight excluding hydrogens is 342 g/mol. The quantitative estimate of drug-likeness (QED) is 0.831. The fourth-order valence-corrected chi connectivity index (χ4v) is 4.64. The second-order valence-corrected chi connectivity index (χ2v) is 7.91. The summed E-state index contributed by atoms with van der Waals surface area (Å²) >= 11 is 0. The molecule has 0 aromatic heterocycles. The number of piperidine rings is 1. The molecule has 1 atom stereocenters.